The Bertz CT molecular complexity index is 4260. The molecular weight excluding hydrogens is 1780 g/mol. The molecule has 2 aliphatic heterocycles. The molecule has 2 heterocycles. The third-order valence-corrected chi connectivity index (χ3v) is 217. The molecule has 2 saturated heterocycles. The zero-order valence-corrected chi connectivity index (χ0v) is 79.9. The van der Waals surface area contributed by atoms with Crippen molar-refractivity contribution in [2.75, 3.05) is 0 Å². The molecule has 8 atom stereocenters. The fourth-order valence-corrected chi connectivity index (χ4v) is 322. The fraction of sp³-hybridized carbons (Fsp3) is 0.317. The minimum absolute atomic E-state index is 0.240. The summed E-state index contributed by atoms with van der Waals surface area (Å²) in [5.41, 5.74) is 19.3. The van der Waals surface area contributed by atoms with E-state index in [1.807, 2.05) is 0 Å². The summed E-state index contributed by atoms with van der Waals surface area (Å²) in [6.07, 6.45) is 47.9. The van der Waals surface area contributed by atoms with Gasteiger partial charge in [-0.2, -0.15) is 0 Å². The van der Waals surface area contributed by atoms with Gasteiger partial charge in [-0.15, -0.1) is 0 Å². The summed E-state index contributed by atoms with van der Waals surface area (Å²) in [6.45, 7) is 37.6. The van der Waals surface area contributed by atoms with Gasteiger partial charge < -0.3 is 0 Å². The van der Waals surface area contributed by atoms with Crippen molar-refractivity contribution in [2.45, 2.75) is 149 Å². The first-order chi connectivity index (χ1) is 46.1. The van der Waals surface area contributed by atoms with E-state index >= 15 is 0 Å². The first-order valence-electron chi connectivity index (χ1n) is 34.9. The molecule has 99 heavy (non-hydrogen) atoms. The Morgan fingerprint density at radius 1 is 0.303 bits per heavy atom. The first kappa shape index (κ1) is 74.3. The molecule has 5 spiro atoms. The number of hydrogen-bond donors (Lipinski definition) is 0. The standard InChI is InChI=1S/2C41H44Cl4GeSi2.2ClH.Hf/c2*1-24-18-32-28(26-20-34(42)40(35(43)21-26)47(4,5)6)14-10-12-16-30(32)38(24)46(3)39-25(2)19-33-29(15-11-13-17-31(33)39)27-22-36(44)41(37(45)23-27)48(7,8)9;;;/h2*10-23,28-29,46H,1-9H3;2*1H;/q;;;;+2/p-2. The molecular formula is C82H88Cl10Ge2HfSi4. The average molecular weight is 1860 g/mol. The van der Waals surface area contributed by atoms with E-state index in [0.29, 0.717) is 0 Å². The van der Waals surface area contributed by atoms with Gasteiger partial charge in [-0.1, -0.05) is 0 Å². The minimum atomic E-state index is -8.06. The molecule has 0 aromatic heterocycles. The van der Waals surface area contributed by atoms with E-state index in [-0.39, 0.29) is 23.7 Å². The Hall–Kier alpha value is -1.56. The van der Waals surface area contributed by atoms with Crippen LogP contribution < -0.4 is 20.7 Å². The van der Waals surface area contributed by atoms with Crippen LogP contribution in [-0.2, 0) is 14.7 Å². The molecule has 17 heteroatoms. The second kappa shape index (κ2) is 24.0. The molecule has 0 bridgehead atoms. The van der Waals surface area contributed by atoms with E-state index in [4.69, 9.17) is 92.8 Å². The fourth-order valence-electron chi connectivity index (χ4n) is 23.8. The van der Waals surface area contributed by atoms with Crippen LogP contribution in [-0.4, -0.2) is 61.0 Å². The van der Waals surface area contributed by atoms with Crippen LogP contribution in [0, 0.1) is 0 Å². The summed E-state index contributed by atoms with van der Waals surface area (Å²) in [7, 11) is 15.1. The molecule has 4 aromatic carbocycles. The Kier molecular flexibility index (Phi) is 18.0. The molecule has 0 saturated carbocycles. The van der Waals surface area contributed by atoms with E-state index in [2.05, 4.69) is 288 Å². The van der Waals surface area contributed by atoms with Crippen molar-refractivity contribution in [3.63, 3.8) is 0 Å². The number of hydrogen-bond acceptors (Lipinski definition) is 0. The molecule has 8 aliphatic carbocycles. The zero-order valence-electron chi connectivity index (χ0n) is 59.9. The van der Waals surface area contributed by atoms with Gasteiger partial charge in [-0.05, 0) is 0 Å². The number of allylic oxidation sites excluding steroid dienone is 32. The van der Waals surface area contributed by atoms with Crippen molar-refractivity contribution in [1.29, 1.82) is 0 Å². The molecule has 8 unspecified atom stereocenters. The van der Waals surface area contributed by atoms with Gasteiger partial charge in [0.1, 0.15) is 0 Å². The Labute approximate surface area is 647 Å². The average Bonchev–Trinajstić information content (AvgIpc) is 1.52. The topological polar surface area (TPSA) is 0 Å². The molecule has 514 valence electrons. The summed E-state index contributed by atoms with van der Waals surface area (Å²) in [6, 6.07) is 17.7. The predicted molar refractivity (Wildman–Crippen MR) is 453 cm³/mol. The van der Waals surface area contributed by atoms with Crippen LogP contribution in [0.25, 0.3) is 0 Å². The molecule has 0 nitrogen and oxygen atoms in total. The van der Waals surface area contributed by atoms with Gasteiger partial charge >= 0.3 is 655 Å². The Morgan fingerprint density at radius 2 is 0.475 bits per heavy atom. The number of fused-ring (bicyclic) bond motifs is 8. The second-order valence-corrected chi connectivity index (χ2v) is 128. The summed E-state index contributed by atoms with van der Waals surface area (Å²) >= 11 is 45.5. The van der Waals surface area contributed by atoms with Gasteiger partial charge in [-0.3, -0.25) is 0 Å². The summed E-state index contributed by atoms with van der Waals surface area (Å²) in [5, 5.41) is 10.0. The summed E-state index contributed by atoms with van der Waals surface area (Å²) < 4.78 is -3.29. The van der Waals surface area contributed by atoms with Gasteiger partial charge in [-0.25, -0.2) is 0 Å². The van der Waals surface area contributed by atoms with Crippen LogP contribution in [0.5, 0.6) is 0 Å². The van der Waals surface area contributed by atoms with Crippen LogP contribution in [0.3, 0.4) is 0 Å². The maximum absolute atomic E-state index is 11.6. The van der Waals surface area contributed by atoms with Crippen LogP contribution >= 0.6 is 110 Å². The van der Waals surface area contributed by atoms with Gasteiger partial charge in [0.25, 0.3) is 0 Å². The number of rotatable bonds is 8. The molecule has 0 amide bonds. The maximum atomic E-state index is 11.6. The monoisotopic (exact) mass is 1860 g/mol. The quantitative estimate of drug-likeness (QED) is 0.154. The normalized spacial score (nSPS) is 31.2. The van der Waals surface area contributed by atoms with Crippen molar-refractivity contribution in [3.8, 4) is 0 Å². The van der Waals surface area contributed by atoms with E-state index in [1.165, 1.54) is 66.9 Å². The van der Waals surface area contributed by atoms with Crippen molar-refractivity contribution < 1.29 is 14.7 Å². The van der Waals surface area contributed by atoms with Crippen LogP contribution in [0.1, 0.15) is 73.6 Å². The Morgan fingerprint density at radius 3 is 0.636 bits per heavy atom. The molecule has 0 radical (unpaired) electrons. The van der Waals surface area contributed by atoms with Gasteiger partial charge in [0.15, 0.2) is 0 Å². The molecule has 14 rings (SSSR count). The van der Waals surface area contributed by atoms with Crippen LogP contribution in [0.15, 0.2) is 237 Å². The molecule has 0 N–H and O–H groups in total. The summed E-state index contributed by atoms with van der Waals surface area (Å²) in [4.78, 5) is 0. The van der Waals surface area contributed by atoms with Crippen LogP contribution in [0.4, 0.5) is 0 Å². The number of benzene rings is 4. The first-order valence-corrected chi connectivity index (χ1v) is 77.7. The van der Waals surface area contributed by atoms with E-state index in [9.17, 15) is 17.2 Å². The summed E-state index contributed by atoms with van der Waals surface area (Å²) in [5.74, 6) is 4.51. The van der Waals surface area contributed by atoms with Crippen LogP contribution in [0.2, 0.25) is 138 Å². The van der Waals surface area contributed by atoms with Crippen molar-refractivity contribution in [3.05, 3.63) is 299 Å². The molecule has 10 aliphatic rings. The third kappa shape index (κ3) is 8.93. The van der Waals surface area contributed by atoms with E-state index < -0.39 is 83.7 Å². The third-order valence-electron chi connectivity index (χ3n) is 25.8. The van der Waals surface area contributed by atoms with E-state index in [1.54, 1.807) is 0 Å². The van der Waals surface area contributed by atoms with Crippen molar-refractivity contribution >= 4 is 192 Å². The predicted octanol–water partition coefficient (Wildman–Crippen LogP) is 26.1. The number of halogens is 10. The van der Waals surface area contributed by atoms with Gasteiger partial charge in [0.05, 0.1) is 0 Å². The Balaban J connectivity index is 1.19. The van der Waals surface area contributed by atoms with E-state index in [0.717, 1.165) is 83.2 Å². The molecule has 2 fully saturated rings. The second-order valence-electron chi connectivity index (χ2n) is 34.4. The SMILES string of the molecule is CC1=CC2=C(C=CC=CC2c2cc(Cl)c([Si](C)(C)C)c(Cl)c2)[C]12[GeH]([CH3])[C]1(C(C)=CC3=C1C=CC=CC3c1cc(Cl)c([Si](C)(C)C)c(Cl)c1)[Hf]21([Cl])([Cl])[C]2(C(C)=CC3=C2C=CC=CC3c2cc(Cl)c([Si](C)(C)C)c(Cl)c2)[GeH]([CH3])[C]12C(C)=CC1=C2C=CC=CC1c1cc(Cl)c([Si](C)(C)C)c(Cl)c1. The molecule has 4 aromatic rings. The van der Waals surface area contributed by atoms with Gasteiger partial charge in [0.2, 0.25) is 0 Å². The zero-order chi connectivity index (χ0) is 71.8. The van der Waals surface area contributed by atoms with Gasteiger partial charge in [0, 0.05) is 0 Å². The van der Waals surface area contributed by atoms with Crippen molar-refractivity contribution in [1.82, 2.24) is 0 Å². The van der Waals surface area contributed by atoms with Crippen molar-refractivity contribution in [2.24, 2.45) is 0 Å².